The Morgan fingerprint density at radius 3 is 2.78 bits per heavy atom. The van der Waals surface area contributed by atoms with E-state index in [-0.39, 0.29) is 6.10 Å². The van der Waals surface area contributed by atoms with Crippen LogP contribution in [-0.4, -0.2) is 52.8 Å². The van der Waals surface area contributed by atoms with Gasteiger partial charge in [0, 0.05) is 43.9 Å². The number of aromatic nitrogens is 3. The zero-order valence-corrected chi connectivity index (χ0v) is 14.7. The minimum absolute atomic E-state index is 0.123. The molecule has 0 bridgehead atoms. The lowest BCUT2D eigenvalue weighted by molar-refractivity contribution is 0.0683. The molecule has 0 spiro atoms. The third-order valence-electron chi connectivity index (χ3n) is 3.87. The van der Waals surface area contributed by atoms with Gasteiger partial charge in [-0.25, -0.2) is 4.98 Å². The molecule has 2 aromatic rings. The Kier molecular flexibility index (Phi) is 5.24. The smallest absolute Gasteiger partial charge is 0.240 e. The quantitative estimate of drug-likeness (QED) is 0.801. The van der Waals surface area contributed by atoms with Crippen LogP contribution in [0.15, 0.2) is 10.7 Å². The molecule has 1 atom stereocenters. The Balaban J connectivity index is 1.51. The number of ether oxygens (including phenoxy) is 1. The van der Waals surface area contributed by atoms with Crippen LogP contribution in [0.25, 0.3) is 0 Å². The maximum Gasteiger partial charge on any atom is 0.240 e. The Hall–Kier alpha value is -1.51. The maximum absolute atomic E-state index is 5.49. The third kappa shape index (κ3) is 4.07. The number of hydrogen-bond donors (Lipinski definition) is 0. The maximum atomic E-state index is 5.49. The van der Waals surface area contributed by atoms with Gasteiger partial charge in [0.25, 0.3) is 0 Å². The van der Waals surface area contributed by atoms with Crippen molar-refractivity contribution >= 4 is 16.5 Å². The van der Waals surface area contributed by atoms with E-state index in [2.05, 4.69) is 31.8 Å². The van der Waals surface area contributed by atoms with Crippen LogP contribution in [0.5, 0.6) is 0 Å². The van der Waals surface area contributed by atoms with Crippen LogP contribution in [0.4, 0.5) is 5.13 Å². The minimum atomic E-state index is -0.123. The third-order valence-corrected chi connectivity index (χ3v) is 4.85. The number of nitrogens with zero attached hydrogens (tertiary/aromatic N) is 5. The fraction of sp³-hybridized carbons (Fsp3) is 0.667. The fourth-order valence-corrected chi connectivity index (χ4v) is 3.41. The monoisotopic (exact) mass is 337 g/mol. The van der Waals surface area contributed by atoms with E-state index >= 15 is 0 Å². The van der Waals surface area contributed by atoms with Crippen molar-refractivity contribution in [1.29, 1.82) is 0 Å². The van der Waals surface area contributed by atoms with Crippen molar-refractivity contribution in [2.24, 2.45) is 0 Å². The highest BCUT2D eigenvalue weighted by atomic mass is 32.1. The second kappa shape index (κ2) is 7.37. The van der Waals surface area contributed by atoms with E-state index in [1.165, 1.54) is 4.88 Å². The number of thiazole rings is 1. The molecule has 7 nitrogen and oxygen atoms in total. The molecule has 0 amide bonds. The summed E-state index contributed by atoms with van der Waals surface area (Å²) in [6.07, 6.45) is 1.81. The van der Waals surface area contributed by atoms with E-state index in [1.807, 2.05) is 20.0 Å². The molecular formula is C15H23N5O2S. The van der Waals surface area contributed by atoms with Crippen molar-refractivity contribution in [2.45, 2.75) is 33.4 Å². The van der Waals surface area contributed by atoms with E-state index in [9.17, 15) is 0 Å². The number of hydrogen-bond acceptors (Lipinski definition) is 8. The van der Waals surface area contributed by atoms with E-state index in [4.69, 9.17) is 9.26 Å². The molecule has 1 saturated heterocycles. The molecule has 1 unspecified atom stereocenters. The molecule has 0 radical (unpaired) electrons. The Morgan fingerprint density at radius 2 is 2.13 bits per heavy atom. The van der Waals surface area contributed by atoms with Crippen molar-refractivity contribution in [2.75, 3.05) is 37.7 Å². The Bertz CT molecular complexity index is 621. The summed E-state index contributed by atoms with van der Waals surface area (Å²) in [5.74, 6) is 1.28. The van der Waals surface area contributed by atoms with Gasteiger partial charge in [-0.15, -0.1) is 11.3 Å². The van der Waals surface area contributed by atoms with E-state index < -0.39 is 0 Å². The second-order valence-electron chi connectivity index (χ2n) is 5.66. The topological polar surface area (TPSA) is 67.5 Å². The lowest BCUT2D eigenvalue weighted by Gasteiger charge is -2.33. The average Bonchev–Trinajstić information content (AvgIpc) is 3.18. The number of piperazine rings is 1. The summed E-state index contributed by atoms with van der Waals surface area (Å²) < 4.78 is 10.8. The van der Waals surface area contributed by atoms with Crippen molar-refractivity contribution in [3.8, 4) is 0 Å². The largest absolute Gasteiger partial charge is 0.371 e. The summed E-state index contributed by atoms with van der Waals surface area (Å²) in [6.45, 7) is 11.2. The molecule has 23 heavy (non-hydrogen) atoms. The predicted molar refractivity (Wildman–Crippen MR) is 88.7 cm³/mol. The molecule has 3 heterocycles. The first-order chi connectivity index (χ1) is 11.2. The first-order valence-electron chi connectivity index (χ1n) is 7.99. The molecule has 8 heteroatoms. The first-order valence-corrected chi connectivity index (χ1v) is 8.81. The van der Waals surface area contributed by atoms with E-state index in [1.54, 1.807) is 11.3 Å². The summed E-state index contributed by atoms with van der Waals surface area (Å²) >= 11 is 1.75. The fourth-order valence-electron chi connectivity index (χ4n) is 2.60. The molecule has 126 valence electrons. The zero-order valence-electron chi connectivity index (χ0n) is 13.9. The minimum Gasteiger partial charge on any atom is -0.371 e. The van der Waals surface area contributed by atoms with Gasteiger partial charge in [0.05, 0.1) is 6.54 Å². The highest BCUT2D eigenvalue weighted by Gasteiger charge is 2.21. The summed E-state index contributed by atoms with van der Waals surface area (Å²) in [4.78, 5) is 14.8. The molecular weight excluding hydrogens is 314 g/mol. The summed E-state index contributed by atoms with van der Waals surface area (Å²) in [5, 5.41) is 5.13. The lowest BCUT2D eigenvalue weighted by atomic mass is 10.3. The van der Waals surface area contributed by atoms with Gasteiger partial charge in [0.2, 0.25) is 5.89 Å². The van der Waals surface area contributed by atoms with E-state index in [0.717, 1.165) is 31.3 Å². The van der Waals surface area contributed by atoms with Crippen molar-refractivity contribution in [3.63, 3.8) is 0 Å². The molecule has 0 saturated carbocycles. The molecule has 1 aliphatic rings. The highest BCUT2D eigenvalue weighted by Crippen LogP contribution is 2.23. The molecule has 3 rings (SSSR count). The van der Waals surface area contributed by atoms with Crippen molar-refractivity contribution in [3.05, 3.63) is 22.8 Å². The average molecular weight is 337 g/mol. The summed E-state index contributed by atoms with van der Waals surface area (Å²) in [7, 11) is 0. The van der Waals surface area contributed by atoms with Crippen molar-refractivity contribution in [1.82, 2.24) is 20.0 Å². The molecule has 1 fully saturated rings. The standard InChI is InChI=1S/C15H23N5O2S/c1-4-21-12(3)14-17-13(22-18-14)10-19-5-7-20(8-6-19)15-16-9-11(2)23-15/h9,12H,4-8,10H2,1-3H3. The van der Waals surface area contributed by atoms with Gasteiger partial charge >= 0.3 is 0 Å². The zero-order chi connectivity index (χ0) is 16.2. The second-order valence-corrected chi connectivity index (χ2v) is 6.87. The van der Waals surface area contributed by atoms with Crippen LogP contribution in [0.1, 0.15) is 36.5 Å². The molecule has 0 aromatic carbocycles. The Labute approximate surface area is 140 Å². The van der Waals surface area contributed by atoms with Crippen LogP contribution >= 0.6 is 11.3 Å². The van der Waals surface area contributed by atoms with Crippen LogP contribution in [0.2, 0.25) is 0 Å². The SMILES string of the molecule is CCOC(C)c1noc(CN2CCN(c3ncc(C)s3)CC2)n1. The van der Waals surface area contributed by atoms with Gasteiger partial charge in [-0.2, -0.15) is 4.98 Å². The summed E-state index contributed by atoms with van der Waals surface area (Å²) in [6, 6.07) is 0. The number of rotatable bonds is 6. The molecule has 0 N–H and O–H groups in total. The van der Waals surface area contributed by atoms with Crippen LogP contribution < -0.4 is 4.90 Å². The summed E-state index contributed by atoms with van der Waals surface area (Å²) in [5.41, 5.74) is 0. The van der Waals surface area contributed by atoms with Crippen LogP contribution in [0.3, 0.4) is 0 Å². The van der Waals surface area contributed by atoms with Gasteiger partial charge in [-0.05, 0) is 20.8 Å². The lowest BCUT2D eigenvalue weighted by Crippen LogP contribution is -2.46. The van der Waals surface area contributed by atoms with Gasteiger partial charge in [-0.1, -0.05) is 5.16 Å². The molecule has 0 aliphatic carbocycles. The van der Waals surface area contributed by atoms with Crippen LogP contribution in [0, 0.1) is 6.92 Å². The number of aryl methyl sites for hydroxylation is 1. The number of anilines is 1. The highest BCUT2D eigenvalue weighted by molar-refractivity contribution is 7.15. The molecule has 2 aromatic heterocycles. The van der Waals surface area contributed by atoms with Gasteiger partial charge in [0.1, 0.15) is 6.10 Å². The molecule has 1 aliphatic heterocycles. The first kappa shape index (κ1) is 16.4. The van der Waals surface area contributed by atoms with Gasteiger partial charge < -0.3 is 14.2 Å². The Morgan fingerprint density at radius 1 is 1.35 bits per heavy atom. The van der Waals surface area contributed by atoms with Gasteiger partial charge in [0.15, 0.2) is 11.0 Å². The van der Waals surface area contributed by atoms with Crippen LogP contribution in [-0.2, 0) is 11.3 Å². The normalized spacial score (nSPS) is 17.6. The van der Waals surface area contributed by atoms with Crippen molar-refractivity contribution < 1.29 is 9.26 Å². The van der Waals surface area contributed by atoms with Gasteiger partial charge in [-0.3, -0.25) is 4.90 Å². The van der Waals surface area contributed by atoms with E-state index in [0.29, 0.717) is 24.9 Å². The predicted octanol–water partition coefficient (Wildman–Crippen LogP) is 2.25.